The van der Waals surface area contributed by atoms with E-state index in [2.05, 4.69) is 10.1 Å². The van der Waals surface area contributed by atoms with Gasteiger partial charge in [-0.1, -0.05) is 25.0 Å². The molecule has 1 N–H and O–H groups in total. The smallest absolute Gasteiger partial charge is 0.387 e. The minimum Gasteiger partial charge on any atom is -0.449 e. The Hall–Kier alpha value is -2.44. The molecule has 0 radical (unpaired) electrons. The van der Waals surface area contributed by atoms with Crippen molar-refractivity contribution in [2.45, 2.75) is 51.4 Å². The molecule has 7 heteroatoms. The number of ether oxygens (including phenoxy) is 2. The number of carbonyl (C=O) groups excluding carboxylic acids is 2. The zero-order valence-corrected chi connectivity index (χ0v) is 13.9. The first kappa shape index (κ1) is 18.9. The topological polar surface area (TPSA) is 64.6 Å². The zero-order chi connectivity index (χ0) is 18.2. The van der Waals surface area contributed by atoms with E-state index in [0.29, 0.717) is 5.56 Å². The highest BCUT2D eigenvalue weighted by molar-refractivity contribution is 5.90. The van der Waals surface area contributed by atoms with E-state index in [1.807, 2.05) is 0 Å². The van der Waals surface area contributed by atoms with E-state index >= 15 is 0 Å². The highest BCUT2D eigenvalue weighted by Gasteiger charge is 2.22. The molecule has 5 nitrogen and oxygen atoms in total. The second-order valence-corrected chi connectivity index (χ2v) is 5.85. The largest absolute Gasteiger partial charge is 0.449 e. The van der Waals surface area contributed by atoms with E-state index in [0.717, 1.165) is 25.7 Å². The maximum Gasteiger partial charge on any atom is 0.387 e. The van der Waals surface area contributed by atoms with Gasteiger partial charge in [0, 0.05) is 12.1 Å². The van der Waals surface area contributed by atoms with Crippen LogP contribution in [0.3, 0.4) is 0 Å². The third-order valence-electron chi connectivity index (χ3n) is 3.88. The summed E-state index contributed by atoms with van der Waals surface area (Å²) >= 11 is 0. The lowest BCUT2D eigenvalue weighted by molar-refractivity contribution is -0.150. The van der Waals surface area contributed by atoms with Crippen LogP contribution < -0.4 is 10.1 Å². The molecule has 0 unspecified atom stereocenters. The summed E-state index contributed by atoms with van der Waals surface area (Å²) in [5, 5.41) is 2.86. The lowest BCUT2D eigenvalue weighted by Gasteiger charge is -2.16. The molecule has 1 aromatic carbocycles. The third-order valence-corrected chi connectivity index (χ3v) is 3.88. The molecule has 1 atom stereocenters. The summed E-state index contributed by atoms with van der Waals surface area (Å²) < 4.78 is 33.4. The fourth-order valence-electron chi connectivity index (χ4n) is 2.58. The van der Waals surface area contributed by atoms with Crippen molar-refractivity contribution >= 4 is 18.0 Å². The molecule has 0 aliphatic heterocycles. The fourth-order valence-corrected chi connectivity index (χ4v) is 2.58. The summed E-state index contributed by atoms with van der Waals surface area (Å²) in [6.07, 6.45) is 5.89. The van der Waals surface area contributed by atoms with Gasteiger partial charge >= 0.3 is 12.6 Å². The van der Waals surface area contributed by atoms with Gasteiger partial charge in [-0.2, -0.15) is 8.78 Å². The van der Waals surface area contributed by atoms with Gasteiger partial charge in [-0.05, 0) is 43.5 Å². The Morgan fingerprint density at radius 3 is 2.44 bits per heavy atom. The molecule has 2 rings (SSSR count). The number of alkyl halides is 2. The van der Waals surface area contributed by atoms with Crippen LogP contribution in [0, 0.1) is 0 Å². The van der Waals surface area contributed by atoms with Crippen LogP contribution in [0.5, 0.6) is 5.75 Å². The van der Waals surface area contributed by atoms with Crippen molar-refractivity contribution in [2.24, 2.45) is 0 Å². The van der Waals surface area contributed by atoms with Crippen LogP contribution in [0.1, 0.15) is 38.2 Å². The summed E-state index contributed by atoms with van der Waals surface area (Å²) in [5.74, 6) is -0.920. The Labute approximate surface area is 145 Å². The van der Waals surface area contributed by atoms with Crippen LogP contribution in [0.4, 0.5) is 8.78 Å². The molecule has 136 valence electrons. The van der Waals surface area contributed by atoms with Crippen LogP contribution in [0.15, 0.2) is 30.3 Å². The van der Waals surface area contributed by atoms with Crippen molar-refractivity contribution in [3.8, 4) is 5.75 Å². The first-order valence-electron chi connectivity index (χ1n) is 8.18. The predicted octanol–water partition coefficient (Wildman–Crippen LogP) is 3.29. The Kier molecular flexibility index (Phi) is 6.91. The first-order chi connectivity index (χ1) is 11.9. The second-order valence-electron chi connectivity index (χ2n) is 5.85. The average Bonchev–Trinajstić information content (AvgIpc) is 3.06. The van der Waals surface area contributed by atoms with Gasteiger partial charge in [-0.25, -0.2) is 4.79 Å². The summed E-state index contributed by atoms with van der Waals surface area (Å²) in [4.78, 5) is 23.7. The van der Waals surface area contributed by atoms with Crippen molar-refractivity contribution in [1.29, 1.82) is 0 Å². The van der Waals surface area contributed by atoms with Gasteiger partial charge in [-0.3, -0.25) is 4.79 Å². The second kappa shape index (κ2) is 9.15. The van der Waals surface area contributed by atoms with E-state index in [1.54, 1.807) is 0 Å². The van der Waals surface area contributed by atoms with Crippen molar-refractivity contribution in [3.63, 3.8) is 0 Å². The van der Waals surface area contributed by atoms with E-state index in [4.69, 9.17) is 4.74 Å². The molecule has 25 heavy (non-hydrogen) atoms. The molecule has 0 aromatic heterocycles. The quantitative estimate of drug-likeness (QED) is 0.603. The van der Waals surface area contributed by atoms with Gasteiger partial charge < -0.3 is 14.8 Å². The number of hydrogen-bond donors (Lipinski definition) is 1. The lowest BCUT2D eigenvalue weighted by atomic mass is 10.2. The molecule has 0 heterocycles. The Bertz CT molecular complexity index is 610. The van der Waals surface area contributed by atoms with Crippen molar-refractivity contribution in [2.75, 3.05) is 0 Å². The average molecular weight is 353 g/mol. The molecule has 1 aromatic rings. The minimum atomic E-state index is -2.88. The monoisotopic (exact) mass is 353 g/mol. The molecule has 0 saturated heterocycles. The Balaban J connectivity index is 1.79. The van der Waals surface area contributed by atoms with Gasteiger partial charge in [0.2, 0.25) is 0 Å². The molecule has 1 saturated carbocycles. The fraction of sp³-hybridized carbons (Fsp3) is 0.444. The molecule has 1 aliphatic rings. The van der Waals surface area contributed by atoms with Crippen molar-refractivity contribution in [1.82, 2.24) is 5.32 Å². The first-order valence-corrected chi connectivity index (χ1v) is 8.18. The van der Waals surface area contributed by atoms with Gasteiger partial charge in [0.1, 0.15) is 5.75 Å². The summed E-state index contributed by atoms with van der Waals surface area (Å²) in [5.41, 5.74) is 0.613. The Morgan fingerprint density at radius 2 is 1.84 bits per heavy atom. The van der Waals surface area contributed by atoms with Crippen LogP contribution in [0.2, 0.25) is 0 Å². The third kappa shape index (κ3) is 6.52. The number of nitrogens with one attached hydrogen (secondary N) is 1. The van der Waals surface area contributed by atoms with Crippen molar-refractivity contribution < 1.29 is 27.8 Å². The number of hydrogen-bond acceptors (Lipinski definition) is 4. The van der Waals surface area contributed by atoms with Crippen LogP contribution in [-0.4, -0.2) is 30.6 Å². The maximum absolute atomic E-state index is 12.1. The molecular formula is C18H21F2NO4. The van der Waals surface area contributed by atoms with Crippen LogP contribution >= 0.6 is 0 Å². The van der Waals surface area contributed by atoms with Gasteiger partial charge in [0.05, 0.1) is 0 Å². The minimum absolute atomic E-state index is 0.0342. The highest BCUT2D eigenvalue weighted by atomic mass is 19.3. The lowest BCUT2D eigenvalue weighted by Crippen LogP contribution is -2.40. The summed E-state index contributed by atoms with van der Waals surface area (Å²) in [6.45, 7) is -1.36. The number of esters is 1. The molecular weight excluding hydrogens is 332 g/mol. The number of halogens is 2. The van der Waals surface area contributed by atoms with Crippen LogP contribution in [-0.2, 0) is 14.3 Å². The summed E-state index contributed by atoms with van der Waals surface area (Å²) in [6, 6.07) is 5.96. The molecule has 1 amide bonds. The van der Waals surface area contributed by atoms with E-state index < -0.39 is 18.7 Å². The standard InChI is InChI=1S/C18H21F2NO4/c1-12(17(23)21-14-4-2-3-5-14)24-16(22)11-8-13-6-9-15(10-7-13)25-18(19)20/h6-12,14,18H,2-5H2,1H3,(H,21,23)/b11-8+/t12-/m1/s1. The van der Waals surface area contributed by atoms with E-state index in [1.165, 1.54) is 43.3 Å². The van der Waals surface area contributed by atoms with Gasteiger partial charge in [-0.15, -0.1) is 0 Å². The van der Waals surface area contributed by atoms with Crippen LogP contribution in [0.25, 0.3) is 6.08 Å². The number of benzene rings is 1. The molecule has 0 spiro atoms. The SMILES string of the molecule is C[C@@H](OC(=O)/C=C/c1ccc(OC(F)F)cc1)C(=O)NC1CCCC1. The zero-order valence-electron chi connectivity index (χ0n) is 13.9. The highest BCUT2D eigenvalue weighted by Crippen LogP contribution is 2.18. The molecule has 1 fully saturated rings. The molecule has 0 bridgehead atoms. The van der Waals surface area contributed by atoms with E-state index in [-0.39, 0.29) is 17.7 Å². The predicted molar refractivity (Wildman–Crippen MR) is 88.1 cm³/mol. The number of carbonyl (C=O) groups is 2. The molecule has 1 aliphatic carbocycles. The normalized spacial score (nSPS) is 16.2. The van der Waals surface area contributed by atoms with Crippen molar-refractivity contribution in [3.05, 3.63) is 35.9 Å². The number of rotatable bonds is 7. The van der Waals surface area contributed by atoms with Gasteiger partial charge in [0.25, 0.3) is 5.91 Å². The van der Waals surface area contributed by atoms with Gasteiger partial charge in [0.15, 0.2) is 6.10 Å². The maximum atomic E-state index is 12.1. The van der Waals surface area contributed by atoms with E-state index in [9.17, 15) is 18.4 Å². The summed E-state index contributed by atoms with van der Waals surface area (Å²) in [7, 11) is 0. The number of amides is 1. The Morgan fingerprint density at radius 1 is 1.20 bits per heavy atom.